The van der Waals surface area contributed by atoms with Gasteiger partial charge in [-0.2, -0.15) is 0 Å². The fourth-order valence-corrected chi connectivity index (χ4v) is 0.739. The number of hydrogen-bond acceptors (Lipinski definition) is 4. The Morgan fingerprint density at radius 3 is 0.560 bits per heavy atom. The van der Waals surface area contributed by atoms with Gasteiger partial charge in [-0.05, 0) is 62.3 Å². The maximum Gasteiger partial charge on any atom is 0.244 e. The van der Waals surface area contributed by atoms with Gasteiger partial charge in [-0.1, -0.05) is 16.7 Å². The van der Waals surface area contributed by atoms with Crippen molar-refractivity contribution in [2.75, 3.05) is 0 Å². The van der Waals surface area contributed by atoms with Crippen LogP contribution in [-0.2, 0) is 14.4 Å². The van der Waals surface area contributed by atoms with E-state index in [1.54, 1.807) is 20.8 Å². The SMILES string of the molecule is CC(C)=C(C)C(N)=O.CC(C)=C(C)C(N)=O.CC(C)=C(C)C(N)=O.N. The quantitative estimate of drug-likeness (QED) is 0.571. The molecule has 146 valence electrons. The summed E-state index contributed by atoms with van der Waals surface area (Å²) in [7, 11) is 0. The maximum atomic E-state index is 10.3. The van der Waals surface area contributed by atoms with E-state index in [1.165, 1.54) is 0 Å². The summed E-state index contributed by atoms with van der Waals surface area (Å²) in [6.07, 6.45) is 0. The van der Waals surface area contributed by atoms with Gasteiger partial charge in [0.1, 0.15) is 0 Å². The molecule has 0 aromatic heterocycles. The third kappa shape index (κ3) is 17.8. The smallest absolute Gasteiger partial charge is 0.244 e. The van der Waals surface area contributed by atoms with E-state index in [-0.39, 0.29) is 23.9 Å². The average molecular weight is 357 g/mol. The lowest BCUT2D eigenvalue weighted by atomic mass is 10.2. The molecule has 0 unspecified atom stereocenters. The van der Waals surface area contributed by atoms with Crippen LogP contribution in [0.2, 0.25) is 0 Å². The molecule has 3 amide bonds. The van der Waals surface area contributed by atoms with Gasteiger partial charge < -0.3 is 23.4 Å². The monoisotopic (exact) mass is 356 g/mol. The third-order valence-electron chi connectivity index (χ3n) is 3.36. The second kappa shape index (κ2) is 15.1. The van der Waals surface area contributed by atoms with Crippen LogP contribution in [0.4, 0.5) is 0 Å². The summed E-state index contributed by atoms with van der Waals surface area (Å²) < 4.78 is 0. The molecule has 0 saturated heterocycles. The average Bonchev–Trinajstić information content (AvgIpc) is 2.45. The van der Waals surface area contributed by atoms with Crippen molar-refractivity contribution >= 4 is 17.7 Å². The fraction of sp³-hybridized carbons (Fsp3) is 0.500. The summed E-state index contributed by atoms with van der Waals surface area (Å²) in [5.74, 6) is -0.986. The molecule has 0 aromatic carbocycles. The van der Waals surface area contributed by atoms with E-state index in [0.717, 1.165) is 16.7 Å². The Balaban J connectivity index is -0.000000130. The Morgan fingerprint density at radius 2 is 0.560 bits per heavy atom. The highest BCUT2D eigenvalue weighted by molar-refractivity contribution is 5.92. The number of carbonyl (C=O) groups is 3. The lowest BCUT2D eigenvalue weighted by Gasteiger charge is -1.93. The first-order chi connectivity index (χ1) is 10.7. The lowest BCUT2D eigenvalue weighted by molar-refractivity contribution is -0.115. The van der Waals surface area contributed by atoms with E-state index in [9.17, 15) is 14.4 Å². The van der Waals surface area contributed by atoms with Crippen molar-refractivity contribution in [3.8, 4) is 0 Å². The van der Waals surface area contributed by atoms with Crippen LogP contribution in [0.5, 0.6) is 0 Å². The molecule has 0 heterocycles. The van der Waals surface area contributed by atoms with Crippen LogP contribution in [0.1, 0.15) is 62.3 Å². The molecule has 0 aliphatic rings. The van der Waals surface area contributed by atoms with E-state index < -0.39 is 0 Å². The Labute approximate surface area is 152 Å². The van der Waals surface area contributed by atoms with Gasteiger partial charge in [-0.3, -0.25) is 14.4 Å². The number of hydrogen-bond donors (Lipinski definition) is 4. The first kappa shape index (κ1) is 30.5. The van der Waals surface area contributed by atoms with Crippen molar-refractivity contribution < 1.29 is 14.4 Å². The molecule has 25 heavy (non-hydrogen) atoms. The second-order valence-electron chi connectivity index (χ2n) is 5.97. The first-order valence-corrected chi connectivity index (χ1v) is 7.48. The largest absolute Gasteiger partial charge is 0.366 e. The fourth-order valence-electron chi connectivity index (χ4n) is 0.739. The van der Waals surface area contributed by atoms with Gasteiger partial charge in [0.05, 0.1) is 0 Å². The van der Waals surface area contributed by atoms with Gasteiger partial charge >= 0.3 is 0 Å². The molecule has 0 aliphatic carbocycles. The molecule has 0 saturated carbocycles. The highest BCUT2D eigenvalue weighted by Crippen LogP contribution is 1.99. The number of nitrogens with two attached hydrogens (primary N) is 3. The van der Waals surface area contributed by atoms with Gasteiger partial charge in [0.2, 0.25) is 17.7 Å². The highest BCUT2D eigenvalue weighted by atomic mass is 16.2. The first-order valence-electron chi connectivity index (χ1n) is 7.48. The summed E-state index contributed by atoms with van der Waals surface area (Å²) in [6.45, 7) is 16.3. The van der Waals surface area contributed by atoms with Crippen molar-refractivity contribution in [2.45, 2.75) is 62.3 Å². The summed E-state index contributed by atoms with van der Waals surface area (Å²) in [5, 5.41) is 0. The minimum Gasteiger partial charge on any atom is -0.366 e. The van der Waals surface area contributed by atoms with Crippen LogP contribution >= 0.6 is 0 Å². The molecular weight excluding hydrogens is 320 g/mol. The summed E-state index contributed by atoms with van der Waals surface area (Å²) >= 11 is 0. The summed E-state index contributed by atoms with van der Waals surface area (Å²) in [4.78, 5) is 30.9. The second-order valence-corrected chi connectivity index (χ2v) is 5.97. The number of amides is 3. The van der Waals surface area contributed by atoms with Crippen LogP contribution in [-0.4, -0.2) is 17.7 Å². The van der Waals surface area contributed by atoms with Crippen LogP contribution in [0.25, 0.3) is 0 Å². The molecule has 0 aromatic rings. The number of carbonyl (C=O) groups excluding carboxylic acids is 3. The van der Waals surface area contributed by atoms with Gasteiger partial charge in [0.15, 0.2) is 0 Å². The van der Waals surface area contributed by atoms with E-state index in [1.807, 2.05) is 41.5 Å². The van der Waals surface area contributed by atoms with Crippen molar-refractivity contribution in [3.63, 3.8) is 0 Å². The summed E-state index contributed by atoms with van der Waals surface area (Å²) in [5.41, 5.74) is 19.7. The van der Waals surface area contributed by atoms with Crippen LogP contribution in [0.15, 0.2) is 33.4 Å². The molecule has 0 rings (SSSR count). The van der Waals surface area contributed by atoms with Crippen molar-refractivity contribution in [1.82, 2.24) is 6.15 Å². The molecule has 0 fully saturated rings. The minimum absolute atomic E-state index is 0. The maximum absolute atomic E-state index is 10.3. The predicted octanol–water partition coefficient (Wildman–Crippen LogP) is 2.65. The van der Waals surface area contributed by atoms with E-state index in [4.69, 9.17) is 17.2 Å². The van der Waals surface area contributed by atoms with E-state index >= 15 is 0 Å². The molecule has 9 N–H and O–H groups in total. The van der Waals surface area contributed by atoms with E-state index in [0.29, 0.717) is 16.7 Å². The van der Waals surface area contributed by atoms with Crippen LogP contribution < -0.4 is 23.4 Å². The van der Waals surface area contributed by atoms with Gasteiger partial charge in [-0.15, -0.1) is 0 Å². The van der Waals surface area contributed by atoms with E-state index in [2.05, 4.69) is 0 Å². The normalized spacial score (nSPS) is 8.04. The Hall–Kier alpha value is -2.41. The molecule has 0 bridgehead atoms. The van der Waals surface area contributed by atoms with Crippen molar-refractivity contribution in [2.24, 2.45) is 17.2 Å². The summed E-state index contributed by atoms with van der Waals surface area (Å²) in [6, 6.07) is 0. The lowest BCUT2D eigenvalue weighted by Crippen LogP contribution is -2.12. The van der Waals surface area contributed by atoms with Crippen LogP contribution in [0.3, 0.4) is 0 Å². The minimum atomic E-state index is -0.329. The van der Waals surface area contributed by atoms with Crippen LogP contribution in [0, 0.1) is 0 Å². The molecule has 0 atom stereocenters. The molecule has 0 radical (unpaired) electrons. The molecular formula is C18H36N4O3. The Kier molecular flexibility index (Phi) is 18.4. The molecule has 7 heteroatoms. The highest BCUT2D eigenvalue weighted by Gasteiger charge is 1.97. The van der Waals surface area contributed by atoms with Gasteiger partial charge in [0, 0.05) is 16.7 Å². The number of primary amides is 3. The number of rotatable bonds is 3. The Bertz CT molecular complexity index is 478. The third-order valence-corrected chi connectivity index (χ3v) is 3.36. The van der Waals surface area contributed by atoms with Gasteiger partial charge in [0.25, 0.3) is 0 Å². The zero-order valence-corrected chi connectivity index (χ0v) is 17.2. The molecule has 0 aliphatic heterocycles. The van der Waals surface area contributed by atoms with Crippen molar-refractivity contribution in [1.29, 1.82) is 0 Å². The molecule has 7 nitrogen and oxygen atoms in total. The Morgan fingerprint density at radius 1 is 0.440 bits per heavy atom. The van der Waals surface area contributed by atoms with Crippen molar-refractivity contribution in [3.05, 3.63) is 33.4 Å². The topological polar surface area (TPSA) is 164 Å². The van der Waals surface area contributed by atoms with Gasteiger partial charge in [-0.25, -0.2) is 0 Å². The number of allylic oxidation sites excluding steroid dienone is 3. The zero-order valence-electron chi connectivity index (χ0n) is 17.2. The molecule has 0 spiro atoms. The predicted molar refractivity (Wildman–Crippen MR) is 105 cm³/mol. The zero-order chi connectivity index (χ0) is 20.2. The standard InChI is InChI=1S/3C6H11NO.H3N/c3*1-4(2)5(3)6(7)8;/h3*1-3H3,(H2,7,8);1H3.